The number of hydrogen-bond donors (Lipinski definition) is 2. The van der Waals surface area contributed by atoms with Crippen LogP contribution in [0, 0.1) is 0 Å². The Bertz CT molecular complexity index is 1280. The molecule has 2 aromatic heterocycles. The first-order chi connectivity index (χ1) is 19.6. The van der Waals surface area contributed by atoms with Crippen LogP contribution in [0.2, 0.25) is 0 Å². The van der Waals surface area contributed by atoms with E-state index in [9.17, 15) is 0 Å². The molecule has 206 valence electrons. The van der Waals surface area contributed by atoms with Gasteiger partial charge >= 0.3 is 0 Å². The van der Waals surface area contributed by atoms with Crippen molar-refractivity contribution < 1.29 is 0 Å². The van der Waals surface area contributed by atoms with Gasteiger partial charge in [0, 0.05) is 63.0 Å². The van der Waals surface area contributed by atoms with Gasteiger partial charge in [-0.2, -0.15) is 0 Å². The van der Waals surface area contributed by atoms with E-state index in [0.717, 1.165) is 59.8 Å². The van der Waals surface area contributed by atoms with Gasteiger partial charge in [0.1, 0.15) is 0 Å². The van der Waals surface area contributed by atoms with E-state index in [1.54, 1.807) is 0 Å². The molecular formula is C34H40N6. The lowest BCUT2D eigenvalue weighted by Crippen LogP contribution is -2.28. The van der Waals surface area contributed by atoms with E-state index in [1.807, 2.05) is 24.5 Å². The third-order valence-corrected chi connectivity index (χ3v) is 6.84. The van der Waals surface area contributed by atoms with Crippen LogP contribution in [0.4, 0.5) is 11.4 Å². The molecule has 2 aromatic carbocycles. The van der Waals surface area contributed by atoms with Crippen molar-refractivity contribution in [2.24, 2.45) is 11.5 Å². The summed E-state index contributed by atoms with van der Waals surface area (Å²) in [5.41, 5.74) is 20.0. The van der Waals surface area contributed by atoms with Crippen LogP contribution < -0.4 is 21.3 Å². The standard InChI is InChI=1S/C34H40N6/c1-3-39(23-19-35)31-13-9-27(10-14-31)5-7-29-17-21-37-33(25-29)34-26-30(18-22-38-34)8-6-28-11-15-32(16-12-28)40(4-2)24-20-36/h5-18,21-22,25-26H,3-4,19-20,23-24,35-36H2,1-2H3/b7-5+,8-6+. The van der Waals surface area contributed by atoms with Crippen LogP contribution in [0.3, 0.4) is 0 Å². The van der Waals surface area contributed by atoms with Gasteiger partial charge in [-0.05, 0) is 84.6 Å². The van der Waals surface area contributed by atoms with Gasteiger partial charge in [0.2, 0.25) is 0 Å². The minimum Gasteiger partial charge on any atom is -0.371 e. The molecule has 0 atom stereocenters. The molecule has 0 amide bonds. The largest absolute Gasteiger partial charge is 0.371 e. The molecule has 0 saturated heterocycles. The van der Waals surface area contributed by atoms with Crippen LogP contribution in [0.25, 0.3) is 35.7 Å². The Labute approximate surface area is 238 Å². The van der Waals surface area contributed by atoms with Crippen molar-refractivity contribution in [3.63, 3.8) is 0 Å². The topological polar surface area (TPSA) is 84.3 Å². The number of hydrogen-bond acceptors (Lipinski definition) is 6. The summed E-state index contributed by atoms with van der Waals surface area (Å²) in [5.74, 6) is 0. The van der Waals surface area contributed by atoms with Gasteiger partial charge in [-0.25, -0.2) is 0 Å². The molecule has 0 aliphatic rings. The molecule has 2 heterocycles. The van der Waals surface area contributed by atoms with Gasteiger partial charge in [-0.1, -0.05) is 48.6 Å². The number of benzene rings is 2. The zero-order valence-electron chi connectivity index (χ0n) is 23.6. The summed E-state index contributed by atoms with van der Waals surface area (Å²) in [5, 5.41) is 0. The predicted molar refractivity (Wildman–Crippen MR) is 172 cm³/mol. The van der Waals surface area contributed by atoms with E-state index in [0.29, 0.717) is 13.1 Å². The van der Waals surface area contributed by atoms with Gasteiger partial charge < -0.3 is 21.3 Å². The van der Waals surface area contributed by atoms with E-state index < -0.39 is 0 Å². The van der Waals surface area contributed by atoms with Crippen molar-refractivity contribution >= 4 is 35.7 Å². The molecular weight excluding hydrogens is 492 g/mol. The summed E-state index contributed by atoms with van der Waals surface area (Å²) >= 11 is 0. The first-order valence-corrected chi connectivity index (χ1v) is 14.0. The predicted octanol–water partition coefficient (Wildman–Crippen LogP) is 6.05. The number of likely N-dealkylation sites (N-methyl/N-ethyl adjacent to an activating group) is 2. The van der Waals surface area contributed by atoms with Gasteiger partial charge in [-0.3, -0.25) is 9.97 Å². The lowest BCUT2D eigenvalue weighted by molar-refractivity contribution is 0.817. The van der Waals surface area contributed by atoms with E-state index in [4.69, 9.17) is 11.5 Å². The molecule has 0 radical (unpaired) electrons. The van der Waals surface area contributed by atoms with E-state index >= 15 is 0 Å². The highest BCUT2D eigenvalue weighted by atomic mass is 15.1. The van der Waals surface area contributed by atoms with Crippen molar-refractivity contribution in [1.29, 1.82) is 0 Å². The Morgan fingerprint density at radius 2 is 0.925 bits per heavy atom. The van der Waals surface area contributed by atoms with Crippen molar-refractivity contribution in [1.82, 2.24) is 9.97 Å². The number of nitrogens with zero attached hydrogens (tertiary/aromatic N) is 4. The zero-order valence-corrected chi connectivity index (χ0v) is 23.6. The molecule has 4 rings (SSSR count). The molecule has 0 aliphatic carbocycles. The Balaban J connectivity index is 1.44. The van der Waals surface area contributed by atoms with Crippen molar-refractivity contribution in [3.8, 4) is 11.4 Å². The van der Waals surface area contributed by atoms with Crippen LogP contribution in [0.15, 0.2) is 85.2 Å². The second-order valence-corrected chi connectivity index (χ2v) is 9.54. The van der Waals surface area contributed by atoms with Crippen molar-refractivity contribution in [2.45, 2.75) is 13.8 Å². The minimum atomic E-state index is 0.649. The molecule has 0 spiro atoms. The van der Waals surface area contributed by atoms with E-state index in [2.05, 4.69) is 119 Å². The summed E-state index contributed by atoms with van der Waals surface area (Å²) in [6.45, 7) is 9.19. The van der Waals surface area contributed by atoms with Gasteiger partial charge in [0.05, 0.1) is 11.4 Å². The third kappa shape index (κ3) is 7.88. The normalized spacial score (nSPS) is 11.4. The Hall–Kier alpha value is -4.26. The van der Waals surface area contributed by atoms with Crippen molar-refractivity contribution in [3.05, 3.63) is 107 Å². The summed E-state index contributed by atoms with van der Waals surface area (Å²) in [6.07, 6.45) is 12.1. The van der Waals surface area contributed by atoms with Crippen molar-refractivity contribution in [2.75, 3.05) is 49.1 Å². The number of rotatable bonds is 13. The number of pyridine rings is 2. The number of aromatic nitrogens is 2. The minimum absolute atomic E-state index is 0.649. The highest BCUT2D eigenvalue weighted by molar-refractivity contribution is 5.74. The van der Waals surface area contributed by atoms with E-state index in [-0.39, 0.29) is 0 Å². The molecule has 0 saturated carbocycles. The smallest absolute Gasteiger partial charge is 0.0892 e. The van der Waals surface area contributed by atoms with Crippen LogP contribution in [-0.4, -0.2) is 49.2 Å². The molecule has 40 heavy (non-hydrogen) atoms. The summed E-state index contributed by atoms with van der Waals surface area (Å²) in [4.78, 5) is 13.7. The van der Waals surface area contributed by atoms with Crippen LogP contribution in [-0.2, 0) is 0 Å². The maximum Gasteiger partial charge on any atom is 0.0892 e. The molecule has 0 aliphatic heterocycles. The number of anilines is 2. The molecule has 6 heteroatoms. The monoisotopic (exact) mass is 532 g/mol. The van der Waals surface area contributed by atoms with Crippen LogP contribution in [0.1, 0.15) is 36.1 Å². The van der Waals surface area contributed by atoms with Crippen LogP contribution >= 0.6 is 0 Å². The Morgan fingerprint density at radius 3 is 1.27 bits per heavy atom. The molecule has 4 N–H and O–H groups in total. The molecule has 0 bridgehead atoms. The average molecular weight is 533 g/mol. The fourth-order valence-electron chi connectivity index (χ4n) is 4.61. The van der Waals surface area contributed by atoms with Gasteiger partial charge in [-0.15, -0.1) is 0 Å². The first-order valence-electron chi connectivity index (χ1n) is 14.0. The van der Waals surface area contributed by atoms with E-state index in [1.165, 1.54) is 11.4 Å². The SMILES string of the molecule is CCN(CCN)c1ccc(/C=C/c2ccnc(-c3cc(/C=C/c4ccc(N(CC)CCN)cc4)ccn3)c2)cc1. The zero-order chi connectivity index (χ0) is 28.2. The summed E-state index contributed by atoms with van der Waals surface area (Å²) in [7, 11) is 0. The quantitative estimate of drug-likeness (QED) is 0.218. The Morgan fingerprint density at radius 1 is 0.550 bits per heavy atom. The fraction of sp³-hybridized carbons (Fsp3) is 0.235. The van der Waals surface area contributed by atoms with Crippen LogP contribution in [0.5, 0.6) is 0 Å². The second kappa shape index (κ2) is 14.8. The van der Waals surface area contributed by atoms with Gasteiger partial charge in [0.15, 0.2) is 0 Å². The molecule has 0 unspecified atom stereocenters. The summed E-state index contributed by atoms with van der Waals surface area (Å²) < 4.78 is 0. The second-order valence-electron chi connectivity index (χ2n) is 9.54. The maximum atomic E-state index is 5.74. The average Bonchev–Trinajstić information content (AvgIpc) is 3.01. The lowest BCUT2D eigenvalue weighted by atomic mass is 10.1. The molecule has 6 nitrogen and oxygen atoms in total. The Kier molecular flexibility index (Phi) is 10.6. The van der Waals surface area contributed by atoms with Gasteiger partial charge in [0.25, 0.3) is 0 Å². The third-order valence-electron chi connectivity index (χ3n) is 6.84. The fourth-order valence-corrected chi connectivity index (χ4v) is 4.61. The first kappa shape index (κ1) is 28.7. The lowest BCUT2D eigenvalue weighted by Gasteiger charge is -2.22. The summed E-state index contributed by atoms with van der Waals surface area (Å²) in [6, 6.07) is 25.3. The highest BCUT2D eigenvalue weighted by Crippen LogP contribution is 2.21. The number of nitrogens with two attached hydrogens (primary N) is 2. The molecule has 4 aromatic rings. The molecule has 0 fully saturated rings. The highest BCUT2D eigenvalue weighted by Gasteiger charge is 2.05. The maximum absolute atomic E-state index is 5.74.